The molecule has 0 saturated carbocycles. The van der Waals surface area contributed by atoms with Crippen LogP contribution in [0.2, 0.25) is 0 Å². The molecule has 2 aliphatic rings. The number of fused-ring (bicyclic) bond motifs is 1. The summed E-state index contributed by atoms with van der Waals surface area (Å²) in [5.41, 5.74) is 4.24. The van der Waals surface area contributed by atoms with Gasteiger partial charge >= 0.3 is 0 Å². The maximum absolute atomic E-state index is 12.9. The summed E-state index contributed by atoms with van der Waals surface area (Å²) in [7, 11) is 0. The molecule has 0 spiro atoms. The minimum Gasteiger partial charge on any atom is -0.483 e. The molecule has 0 bridgehead atoms. The lowest BCUT2D eigenvalue weighted by atomic mass is 9.87. The maximum Gasteiger partial charge on any atom is 0.260 e. The largest absolute Gasteiger partial charge is 0.483 e. The third-order valence-corrected chi connectivity index (χ3v) is 7.10. The van der Waals surface area contributed by atoms with Crippen LogP contribution in [-0.2, 0) is 17.6 Å². The average molecular weight is 464 g/mol. The maximum atomic E-state index is 12.9. The second-order valence-electron chi connectivity index (χ2n) is 9.26. The molecule has 1 atom stereocenters. The van der Waals surface area contributed by atoms with Crippen molar-refractivity contribution in [3.8, 4) is 5.75 Å². The van der Waals surface area contributed by atoms with Crippen LogP contribution in [0.5, 0.6) is 5.75 Å². The molecule has 0 unspecified atom stereocenters. The number of aryl methyl sites for hydroxylation is 1. The highest BCUT2D eigenvalue weighted by atomic mass is 16.5. The third-order valence-electron chi connectivity index (χ3n) is 7.10. The summed E-state index contributed by atoms with van der Waals surface area (Å²) >= 11 is 0. The Hall–Kier alpha value is -3.02. The summed E-state index contributed by atoms with van der Waals surface area (Å²) < 4.78 is 5.95. The molecule has 182 valence electrons. The lowest BCUT2D eigenvalue weighted by Gasteiger charge is -2.29. The molecule has 6 heteroatoms. The molecule has 4 rings (SSSR count). The number of amides is 2. The summed E-state index contributed by atoms with van der Waals surface area (Å²) in [6.07, 6.45) is 6.27. The molecule has 1 heterocycles. The molecule has 1 fully saturated rings. The van der Waals surface area contributed by atoms with Crippen LogP contribution in [0.3, 0.4) is 0 Å². The van der Waals surface area contributed by atoms with Crippen LogP contribution >= 0.6 is 0 Å². The summed E-state index contributed by atoms with van der Waals surface area (Å²) in [5, 5.41) is 3.22. The van der Waals surface area contributed by atoms with E-state index in [2.05, 4.69) is 28.4 Å². The van der Waals surface area contributed by atoms with E-state index >= 15 is 0 Å². The van der Waals surface area contributed by atoms with Gasteiger partial charge in [0.2, 0.25) is 0 Å². The van der Waals surface area contributed by atoms with Crippen LogP contribution in [0.4, 0.5) is 5.69 Å². The second kappa shape index (κ2) is 11.4. The molecule has 1 saturated heterocycles. The smallest absolute Gasteiger partial charge is 0.260 e. The number of carbonyl (C=O) groups excluding carboxylic acids is 2. The minimum atomic E-state index is -0.0336. The molecule has 2 amide bonds. The molecule has 1 N–H and O–H groups in total. The fourth-order valence-corrected chi connectivity index (χ4v) is 5.07. The van der Waals surface area contributed by atoms with Crippen molar-refractivity contribution >= 4 is 17.5 Å². The number of anilines is 1. The van der Waals surface area contributed by atoms with Crippen LogP contribution < -0.4 is 15.0 Å². The van der Waals surface area contributed by atoms with Crippen molar-refractivity contribution < 1.29 is 14.3 Å². The van der Waals surface area contributed by atoms with E-state index in [1.165, 1.54) is 30.5 Å². The SMILES string of the molecule is CCN(CC)C(=O)COc1cccc2c1C[C@H](NC(=O)c1ccc(N3CCCCC3)cc1)CC2. The first-order chi connectivity index (χ1) is 16.6. The first-order valence-electron chi connectivity index (χ1n) is 12.8. The zero-order chi connectivity index (χ0) is 23.9. The molecule has 0 radical (unpaired) electrons. The highest BCUT2D eigenvalue weighted by Crippen LogP contribution is 2.30. The lowest BCUT2D eigenvalue weighted by Crippen LogP contribution is -2.39. The van der Waals surface area contributed by atoms with Gasteiger partial charge < -0.3 is 19.9 Å². The number of nitrogens with one attached hydrogen (secondary N) is 1. The summed E-state index contributed by atoms with van der Waals surface area (Å²) in [6.45, 7) is 7.53. The van der Waals surface area contributed by atoms with Gasteiger partial charge in [-0.1, -0.05) is 12.1 Å². The molecule has 1 aliphatic heterocycles. The Bertz CT molecular complexity index is 979. The number of nitrogens with zero attached hydrogens (tertiary/aromatic N) is 2. The van der Waals surface area contributed by atoms with Crippen molar-refractivity contribution in [1.82, 2.24) is 10.2 Å². The van der Waals surface area contributed by atoms with Crippen molar-refractivity contribution in [2.45, 2.75) is 58.4 Å². The van der Waals surface area contributed by atoms with Crippen LogP contribution in [0.25, 0.3) is 0 Å². The van der Waals surface area contributed by atoms with Gasteiger partial charge in [-0.05, 0) is 93.8 Å². The van der Waals surface area contributed by atoms with Gasteiger partial charge in [-0.25, -0.2) is 0 Å². The van der Waals surface area contributed by atoms with Crippen molar-refractivity contribution in [2.24, 2.45) is 0 Å². The molecule has 2 aromatic rings. The van der Waals surface area contributed by atoms with Gasteiger partial charge in [0.25, 0.3) is 11.8 Å². The van der Waals surface area contributed by atoms with Gasteiger partial charge in [-0.2, -0.15) is 0 Å². The zero-order valence-electron chi connectivity index (χ0n) is 20.5. The number of ether oxygens (including phenoxy) is 1. The number of rotatable bonds is 8. The van der Waals surface area contributed by atoms with E-state index in [9.17, 15) is 9.59 Å². The Morgan fingerprint density at radius 2 is 1.76 bits per heavy atom. The molecule has 2 aromatic carbocycles. The Balaban J connectivity index is 1.37. The van der Waals surface area contributed by atoms with Crippen molar-refractivity contribution in [3.05, 3.63) is 59.2 Å². The first-order valence-corrected chi connectivity index (χ1v) is 12.8. The molecule has 1 aliphatic carbocycles. The molecule has 34 heavy (non-hydrogen) atoms. The monoisotopic (exact) mass is 463 g/mol. The average Bonchev–Trinajstić information content (AvgIpc) is 2.88. The Labute approximate surface area is 203 Å². The first kappa shape index (κ1) is 24.1. The van der Waals surface area contributed by atoms with Gasteiger partial charge in [-0.15, -0.1) is 0 Å². The number of likely N-dealkylation sites (N-methyl/N-ethyl adjacent to an activating group) is 1. The van der Waals surface area contributed by atoms with Gasteiger partial charge in [-0.3, -0.25) is 9.59 Å². The normalized spacial score (nSPS) is 17.6. The van der Waals surface area contributed by atoms with Crippen LogP contribution in [0, 0.1) is 0 Å². The number of benzene rings is 2. The molecular formula is C28H37N3O3. The molecule has 6 nitrogen and oxygen atoms in total. The van der Waals surface area contributed by atoms with E-state index in [0.29, 0.717) is 25.1 Å². The molecule has 0 aromatic heterocycles. The Kier molecular flexibility index (Phi) is 8.09. The van der Waals surface area contributed by atoms with Crippen LogP contribution in [0.1, 0.15) is 61.0 Å². The van der Waals surface area contributed by atoms with Gasteiger partial charge in [0.05, 0.1) is 0 Å². The standard InChI is InChI=1S/C28H37N3O3/c1-3-30(4-2)27(32)20-34-26-10-8-9-21-11-14-23(19-25(21)26)29-28(33)22-12-15-24(16-13-22)31-17-6-5-7-18-31/h8-10,12-13,15-16,23H,3-7,11,14,17-20H2,1-2H3,(H,29,33)/t23-/m1/s1. The summed E-state index contributed by atoms with van der Waals surface area (Å²) in [4.78, 5) is 29.5. The number of piperidine rings is 1. The van der Waals surface area contributed by atoms with E-state index in [-0.39, 0.29) is 24.5 Å². The summed E-state index contributed by atoms with van der Waals surface area (Å²) in [5.74, 6) is 0.716. The van der Waals surface area contributed by atoms with Gasteiger partial charge in [0, 0.05) is 43.5 Å². The van der Waals surface area contributed by atoms with Gasteiger partial charge in [0.15, 0.2) is 6.61 Å². The minimum absolute atomic E-state index is 0.00346. The van der Waals surface area contributed by atoms with E-state index < -0.39 is 0 Å². The number of carbonyl (C=O) groups is 2. The van der Waals surface area contributed by atoms with Gasteiger partial charge in [0.1, 0.15) is 5.75 Å². The Morgan fingerprint density at radius 3 is 2.47 bits per heavy atom. The zero-order valence-corrected chi connectivity index (χ0v) is 20.5. The van der Waals surface area contributed by atoms with Crippen molar-refractivity contribution in [2.75, 3.05) is 37.7 Å². The number of hydrogen-bond donors (Lipinski definition) is 1. The predicted octanol–water partition coefficient (Wildman–Crippen LogP) is 4.21. The second-order valence-corrected chi connectivity index (χ2v) is 9.26. The van der Waals surface area contributed by atoms with Crippen LogP contribution in [0.15, 0.2) is 42.5 Å². The predicted molar refractivity (Wildman–Crippen MR) is 136 cm³/mol. The topological polar surface area (TPSA) is 61.9 Å². The Morgan fingerprint density at radius 1 is 1.03 bits per heavy atom. The van der Waals surface area contributed by atoms with E-state index in [1.54, 1.807) is 4.90 Å². The third kappa shape index (κ3) is 5.72. The van der Waals surface area contributed by atoms with Crippen molar-refractivity contribution in [1.29, 1.82) is 0 Å². The van der Waals surface area contributed by atoms with E-state index in [1.807, 2.05) is 38.1 Å². The van der Waals surface area contributed by atoms with Crippen LogP contribution in [-0.4, -0.2) is 55.5 Å². The van der Waals surface area contributed by atoms with Crippen molar-refractivity contribution in [3.63, 3.8) is 0 Å². The molecular weight excluding hydrogens is 426 g/mol. The fourth-order valence-electron chi connectivity index (χ4n) is 5.07. The van der Waals surface area contributed by atoms with E-state index in [0.717, 1.165) is 37.2 Å². The lowest BCUT2D eigenvalue weighted by molar-refractivity contribution is -0.132. The highest BCUT2D eigenvalue weighted by Gasteiger charge is 2.24. The fraction of sp³-hybridized carbons (Fsp3) is 0.500. The number of hydrogen-bond acceptors (Lipinski definition) is 4. The quantitative estimate of drug-likeness (QED) is 0.637. The summed E-state index contributed by atoms with van der Waals surface area (Å²) in [6, 6.07) is 14.1. The van der Waals surface area contributed by atoms with E-state index in [4.69, 9.17) is 4.74 Å². The highest BCUT2D eigenvalue weighted by molar-refractivity contribution is 5.94.